The summed E-state index contributed by atoms with van der Waals surface area (Å²) >= 11 is 0. The molecule has 2 atom stereocenters. The fourth-order valence-corrected chi connectivity index (χ4v) is 1.39. The second kappa shape index (κ2) is 3.03. The van der Waals surface area contributed by atoms with Crippen LogP contribution in [0.15, 0.2) is 0 Å². The van der Waals surface area contributed by atoms with E-state index in [9.17, 15) is 8.78 Å². The Morgan fingerprint density at radius 2 is 2.09 bits per heavy atom. The molecular weight excluding hydrogens is 154 g/mol. The van der Waals surface area contributed by atoms with E-state index in [1.165, 1.54) is 0 Å². The molecule has 66 valence electrons. The van der Waals surface area contributed by atoms with E-state index in [1.807, 2.05) is 0 Å². The predicted molar refractivity (Wildman–Crippen MR) is 35.4 cm³/mol. The fourth-order valence-electron chi connectivity index (χ4n) is 1.39. The molecule has 0 aromatic carbocycles. The molecule has 0 bridgehead atoms. The van der Waals surface area contributed by atoms with Crippen LogP contribution in [0, 0.1) is 5.92 Å². The average molecular weight is 166 g/mol. The van der Waals surface area contributed by atoms with Crippen molar-refractivity contribution in [1.29, 1.82) is 0 Å². The molecule has 0 spiro atoms. The van der Waals surface area contributed by atoms with Crippen LogP contribution in [0.3, 0.4) is 0 Å². The molecule has 2 N–H and O–H groups in total. The van der Waals surface area contributed by atoms with Crippen molar-refractivity contribution in [3.8, 4) is 0 Å². The monoisotopic (exact) mass is 166 g/mol. The van der Waals surface area contributed by atoms with Gasteiger partial charge in [-0.2, -0.15) is 0 Å². The van der Waals surface area contributed by atoms with Gasteiger partial charge in [-0.05, 0) is 12.8 Å². The lowest BCUT2D eigenvalue weighted by atomic mass is 9.84. The van der Waals surface area contributed by atoms with Crippen LogP contribution in [0.2, 0.25) is 0 Å². The molecule has 0 heterocycles. The molecule has 0 saturated heterocycles. The van der Waals surface area contributed by atoms with Crippen molar-refractivity contribution in [2.75, 3.05) is 6.61 Å². The molecule has 0 aromatic rings. The van der Waals surface area contributed by atoms with E-state index in [4.69, 9.17) is 10.2 Å². The van der Waals surface area contributed by atoms with E-state index in [-0.39, 0.29) is 19.3 Å². The number of alkyl halides is 2. The van der Waals surface area contributed by atoms with Crippen molar-refractivity contribution in [2.45, 2.75) is 31.3 Å². The lowest BCUT2D eigenvalue weighted by Crippen LogP contribution is -2.39. The average Bonchev–Trinajstić information content (AvgIpc) is 1.94. The first-order valence-electron chi connectivity index (χ1n) is 3.73. The van der Waals surface area contributed by atoms with Crippen molar-refractivity contribution < 1.29 is 19.0 Å². The van der Waals surface area contributed by atoms with E-state index in [1.54, 1.807) is 0 Å². The van der Waals surface area contributed by atoms with Crippen molar-refractivity contribution in [3.05, 3.63) is 0 Å². The zero-order chi connectivity index (χ0) is 8.48. The topological polar surface area (TPSA) is 40.5 Å². The highest BCUT2D eigenvalue weighted by atomic mass is 19.3. The molecule has 1 aliphatic rings. The van der Waals surface area contributed by atoms with Gasteiger partial charge in [0.2, 0.25) is 0 Å². The molecule has 0 aromatic heterocycles. The van der Waals surface area contributed by atoms with Gasteiger partial charge in [0, 0.05) is 12.3 Å². The minimum Gasteiger partial charge on any atom is -0.396 e. The summed E-state index contributed by atoms with van der Waals surface area (Å²) in [4.78, 5) is 0. The van der Waals surface area contributed by atoms with Gasteiger partial charge < -0.3 is 10.2 Å². The molecule has 0 radical (unpaired) electrons. The molecule has 2 unspecified atom stereocenters. The zero-order valence-corrected chi connectivity index (χ0v) is 6.13. The van der Waals surface area contributed by atoms with Crippen LogP contribution in [-0.2, 0) is 0 Å². The lowest BCUT2D eigenvalue weighted by molar-refractivity contribution is -0.125. The molecule has 1 rings (SSSR count). The Kier molecular flexibility index (Phi) is 2.44. The van der Waals surface area contributed by atoms with Gasteiger partial charge in [-0.25, -0.2) is 8.78 Å². The Morgan fingerprint density at radius 3 is 2.55 bits per heavy atom. The second-order valence-electron chi connectivity index (χ2n) is 3.07. The van der Waals surface area contributed by atoms with Crippen molar-refractivity contribution in [1.82, 2.24) is 0 Å². The Hall–Kier alpha value is -0.220. The minimum atomic E-state index is -2.78. The van der Waals surface area contributed by atoms with Gasteiger partial charge in [0.1, 0.15) is 0 Å². The molecule has 0 aliphatic heterocycles. The Morgan fingerprint density at radius 1 is 1.45 bits per heavy atom. The van der Waals surface area contributed by atoms with Crippen molar-refractivity contribution in [2.24, 2.45) is 5.92 Å². The van der Waals surface area contributed by atoms with E-state index < -0.39 is 24.6 Å². The number of aliphatic hydroxyl groups is 2. The normalized spacial score (nSPS) is 37.1. The SMILES string of the molecule is OCC1CC(O)CCC1(F)F. The molecule has 2 nitrogen and oxygen atoms in total. The lowest BCUT2D eigenvalue weighted by Gasteiger charge is -2.32. The van der Waals surface area contributed by atoms with Crippen LogP contribution in [0.1, 0.15) is 19.3 Å². The number of aliphatic hydroxyl groups excluding tert-OH is 2. The summed E-state index contributed by atoms with van der Waals surface area (Å²) in [6, 6.07) is 0. The van der Waals surface area contributed by atoms with E-state index in [0.29, 0.717) is 0 Å². The third-order valence-corrected chi connectivity index (χ3v) is 2.19. The van der Waals surface area contributed by atoms with Gasteiger partial charge in [-0.15, -0.1) is 0 Å². The summed E-state index contributed by atoms with van der Waals surface area (Å²) in [5.74, 6) is -3.83. The maximum atomic E-state index is 12.8. The predicted octanol–water partition coefficient (Wildman–Crippen LogP) is 0.775. The molecule has 11 heavy (non-hydrogen) atoms. The van der Waals surface area contributed by atoms with Crippen LogP contribution in [-0.4, -0.2) is 28.8 Å². The maximum absolute atomic E-state index is 12.8. The summed E-state index contributed by atoms with van der Waals surface area (Å²) in [6.45, 7) is -0.538. The van der Waals surface area contributed by atoms with Gasteiger partial charge in [-0.3, -0.25) is 0 Å². The van der Waals surface area contributed by atoms with E-state index >= 15 is 0 Å². The van der Waals surface area contributed by atoms with E-state index in [0.717, 1.165) is 0 Å². The minimum absolute atomic E-state index is 0.0174. The van der Waals surface area contributed by atoms with Crippen LogP contribution in [0.25, 0.3) is 0 Å². The number of halogens is 2. The summed E-state index contributed by atoms with van der Waals surface area (Å²) < 4.78 is 25.5. The largest absolute Gasteiger partial charge is 0.396 e. The van der Waals surface area contributed by atoms with Crippen LogP contribution < -0.4 is 0 Å². The third kappa shape index (κ3) is 1.87. The second-order valence-corrected chi connectivity index (χ2v) is 3.07. The Bertz CT molecular complexity index is 138. The maximum Gasteiger partial charge on any atom is 0.253 e. The van der Waals surface area contributed by atoms with Crippen molar-refractivity contribution in [3.63, 3.8) is 0 Å². The highest BCUT2D eigenvalue weighted by Crippen LogP contribution is 2.37. The van der Waals surface area contributed by atoms with Crippen LogP contribution >= 0.6 is 0 Å². The Balaban J connectivity index is 2.56. The molecule has 1 fully saturated rings. The quantitative estimate of drug-likeness (QED) is 0.604. The van der Waals surface area contributed by atoms with Gasteiger partial charge >= 0.3 is 0 Å². The highest BCUT2D eigenvalue weighted by Gasteiger charge is 2.43. The van der Waals surface area contributed by atoms with Crippen LogP contribution in [0.5, 0.6) is 0 Å². The summed E-state index contributed by atoms with van der Waals surface area (Å²) in [5.41, 5.74) is 0. The summed E-state index contributed by atoms with van der Waals surface area (Å²) in [7, 11) is 0. The fraction of sp³-hybridized carbons (Fsp3) is 1.00. The summed E-state index contributed by atoms with van der Waals surface area (Å²) in [5, 5.41) is 17.6. The first-order chi connectivity index (χ1) is 5.06. The third-order valence-electron chi connectivity index (χ3n) is 2.19. The first kappa shape index (κ1) is 8.87. The summed E-state index contributed by atoms with van der Waals surface area (Å²) in [6.07, 6.45) is -0.807. The smallest absolute Gasteiger partial charge is 0.253 e. The molecule has 4 heteroatoms. The van der Waals surface area contributed by atoms with Crippen molar-refractivity contribution >= 4 is 0 Å². The van der Waals surface area contributed by atoms with Crippen LogP contribution in [0.4, 0.5) is 8.78 Å². The Labute approximate surface area is 63.8 Å². The van der Waals surface area contributed by atoms with E-state index in [2.05, 4.69) is 0 Å². The van der Waals surface area contributed by atoms with Gasteiger partial charge in [0.05, 0.1) is 12.7 Å². The standard InChI is InChI=1S/C7H12F2O2/c8-7(9)2-1-6(11)3-5(7)4-10/h5-6,10-11H,1-4H2. The number of hydrogen-bond donors (Lipinski definition) is 2. The molecule has 1 aliphatic carbocycles. The van der Waals surface area contributed by atoms with Gasteiger partial charge in [0.25, 0.3) is 5.92 Å². The molecular formula is C7H12F2O2. The zero-order valence-electron chi connectivity index (χ0n) is 6.13. The number of rotatable bonds is 1. The molecule has 1 saturated carbocycles. The van der Waals surface area contributed by atoms with Gasteiger partial charge in [0.15, 0.2) is 0 Å². The number of hydrogen-bond acceptors (Lipinski definition) is 2. The highest BCUT2D eigenvalue weighted by molar-refractivity contribution is 4.84. The molecule has 0 amide bonds. The van der Waals surface area contributed by atoms with Gasteiger partial charge in [-0.1, -0.05) is 0 Å². The first-order valence-corrected chi connectivity index (χ1v) is 3.73.